The minimum absolute atomic E-state index is 0.144. The van der Waals surface area contributed by atoms with Crippen molar-refractivity contribution in [3.8, 4) is 11.8 Å². The first-order valence-electron chi connectivity index (χ1n) is 8.05. The van der Waals surface area contributed by atoms with Gasteiger partial charge in [0.2, 0.25) is 0 Å². The summed E-state index contributed by atoms with van der Waals surface area (Å²) < 4.78 is 0. The van der Waals surface area contributed by atoms with E-state index >= 15 is 0 Å². The standard InChI is InChI=1S/C21H20O2/c1-15-5-2-3-6-17(15)12-9-16-10-13-18(14-11-16)19-7-4-8-20(19)21(22)23/h2-3,5-6,10-11,13-14,19-20H,4,7-8H2,1H3,(H,22,23). The van der Waals surface area contributed by atoms with Crippen LogP contribution in [0.25, 0.3) is 0 Å². The summed E-state index contributed by atoms with van der Waals surface area (Å²) in [5.41, 5.74) is 4.29. The van der Waals surface area contributed by atoms with E-state index in [9.17, 15) is 9.90 Å². The van der Waals surface area contributed by atoms with Gasteiger partial charge in [-0.25, -0.2) is 0 Å². The highest BCUT2D eigenvalue weighted by Crippen LogP contribution is 2.39. The summed E-state index contributed by atoms with van der Waals surface area (Å²) in [6.07, 6.45) is 2.75. The SMILES string of the molecule is Cc1ccccc1C#Cc1ccc(C2CCCC2C(=O)O)cc1. The molecule has 0 bridgehead atoms. The molecule has 23 heavy (non-hydrogen) atoms. The highest BCUT2D eigenvalue weighted by molar-refractivity contribution is 5.72. The summed E-state index contributed by atoms with van der Waals surface area (Å²) in [4.78, 5) is 11.3. The van der Waals surface area contributed by atoms with Crippen molar-refractivity contribution in [2.45, 2.75) is 32.1 Å². The van der Waals surface area contributed by atoms with Crippen LogP contribution in [-0.2, 0) is 4.79 Å². The fourth-order valence-corrected chi connectivity index (χ4v) is 3.32. The summed E-state index contributed by atoms with van der Waals surface area (Å²) in [6.45, 7) is 2.05. The summed E-state index contributed by atoms with van der Waals surface area (Å²) in [5, 5.41) is 9.31. The van der Waals surface area contributed by atoms with Crippen molar-refractivity contribution in [3.05, 3.63) is 70.8 Å². The Labute approximate surface area is 137 Å². The van der Waals surface area contributed by atoms with Crippen LogP contribution in [0.4, 0.5) is 0 Å². The molecule has 1 fully saturated rings. The van der Waals surface area contributed by atoms with E-state index in [4.69, 9.17) is 0 Å². The maximum Gasteiger partial charge on any atom is 0.307 e. The molecule has 0 spiro atoms. The lowest BCUT2D eigenvalue weighted by Gasteiger charge is -2.16. The number of carboxylic acids is 1. The zero-order valence-corrected chi connectivity index (χ0v) is 13.3. The van der Waals surface area contributed by atoms with Crippen LogP contribution < -0.4 is 0 Å². The normalized spacial score (nSPS) is 19.9. The van der Waals surface area contributed by atoms with E-state index < -0.39 is 5.97 Å². The lowest BCUT2D eigenvalue weighted by molar-refractivity contribution is -0.142. The topological polar surface area (TPSA) is 37.3 Å². The third kappa shape index (κ3) is 3.46. The van der Waals surface area contributed by atoms with E-state index in [0.29, 0.717) is 0 Å². The van der Waals surface area contributed by atoms with Crippen LogP contribution in [0.5, 0.6) is 0 Å². The average molecular weight is 304 g/mol. The summed E-state index contributed by atoms with van der Waals surface area (Å²) in [5.74, 6) is 5.63. The maximum absolute atomic E-state index is 11.3. The molecular weight excluding hydrogens is 284 g/mol. The molecule has 2 nitrogen and oxygen atoms in total. The van der Waals surface area contributed by atoms with Crippen molar-refractivity contribution in [2.24, 2.45) is 5.92 Å². The van der Waals surface area contributed by atoms with E-state index in [0.717, 1.165) is 36.0 Å². The molecule has 3 rings (SSSR count). The quantitative estimate of drug-likeness (QED) is 0.837. The van der Waals surface area contributed by atoms with Crippen molar-refractivity contribution >= 4 is 5.97 Å². The Bertz CT molecular complexity index is 762. The number of aliphatic carboxylic acids is 1. The monoisotopic (exact) mass is 304 g/mol. The number of hydrogen-bond acceptors (Lipinski definition) is 1. The second kappa shape index (κ2) is 6.71. The highest BCUT2D eigenvalue weighted by atomic mass is 16.4. The predicted molar refractivity (Wildman–Crippen MR) is 91.3 cm³/mol. The van der Waals surface area contributed by atoms with Gasteiger partial charge in [-0.3, -0.25) is 4.79 Å². The first kappa shape index (κ1) is 15.4. The molecule has 1 saturated carbocycles. The Morgan fingerprint density at radius 3 is 2.48 bits per heavy atom. The molecule has 1 aliphatic rings. The molecule has 0 heterocycles. The van der Waals surface area contributed by atoms with Gasteiger partial charge < -0.3 is 5.11 Å². The zero-order valence-electron chi connectivity index (χ0n) is 13.3. The van der Waals surface area contributed by atoms with Crippen LogP contribution >= 0.6 is 0 Å². The third-order valence-electron chi connectivity index (χ3n) is 4.66. The minimum Gasteiger partial charge on any atom is -0.481 e. The summed E-state index contributed by atoms with van der Waals surface area (Å²) >= 11 is 0. The number of aryl methyl sites for hydroxylation is 1. The van der Waals surface area contributed by atoms with Crippen LogP contribution in [0, 0.1) is 24.7 Å². The highest BCUT2D eigenvalue weighted by Gasteiger charge is 2.33. The Hall–Kier alpha value is -2.53. The molecule has 2 aromatic rings. The van der Waals surface area contributed by atoms with E-state index in [1.807, 2.05) is 42.5 Å². The van der Waals surface area contributed by atoms with Gasteiger partial charge in [-0.1, -0.05) is 48.6 Å². The number of carbonyl (C=O) groups is 1. The summed E-state index contributed by atoms with van der Waals surface area (Å²) in [6, 6.07) is 16.1. The van der Waals surface area contributed by atoms with Gasteiger partial charge in [0.15, 0.2) is 0 Å². The van der Waals surface area contributed by atoms with Crippen molar-refractivity contribution in [1.82, 2.24) is 0 Å². The zero-order chi connectivity index (χ0) is 16.2. The molecule has 0 saturated heterocycles. The molecule has 1 N–H and O–H groups in total. The number of benzene rings is 2. The van der Waals surface area contributed by atoms with Crippen LogP contribution in [0.3, 0.4) is 0 Å². The molecule has 0 aromatic heterocycles. The number of carboxylic acid groups (broad SMARTS) is 1. The second-order valence-electron chi connectivity index (χ2n) is 6.17. The van der Waals surface area contributed by atoms with Gasteiger partial charge in [-0.05, 0) is 55.0 Å². The first-order valence-corrected chi connectivity index (χ1v) is 8.05. The van der Waals surface area contributed by atoms with Crippen LogP contribution in [0.15, 0.2) is 48.5 Å². The van der Waals surface area contributed by atoms with E-state index in [1.165, 1.54) is 5.56 Å². The van der Waals surface area contributed by atoms with Gasteiger partial charge in [0.1, 0.15) is 0 Å². The predicted octanol–water partition coefficient (Wildman–Crippen LogP) is 4.36. The van der Waals surface area contributed by atoms with Gasteiger partial charge in [-0.15, -0.1) is 0 Å². The van der Waals surface area contributed by atoms with E-state index in [2.05, 4.69) is 24.8 Å². The van der Waals surface area contributed by atoms with Gasteiger partial charge in [0, 0.05) is 11.1 Å². The fourth-order valence-electron chi connectivity index (χ4n) is 3.32. The molecular formula is C21H20O2. The number of rotatable bonds is 2. The summed E-state index contributed by atoms with van der Waals surface area (Å²) in [7, 11) is 0. The molecule has 0 radical (unpaired) electrons. The largest absolute Gasteiger partial charge is 0.481 e. The Morgan fingerprint density at radius 2 is 1.78 bits per heavy atom. The molecule has 0 aliphatic heterocycles. The van der Waals surface area contributed by atoms with Gasteiger partial charge in [-0.2, -0.15) is 0 Å². The van der Waals surface area contributed by atoms with Crippen molar-refractivity contribution < 1.29 is 9.90 Å². The van der Waals surface area contributed by atoms with Crippen LogP contribution in [0.1, 0.15) is 47.4 Å². The fraction of sp³-hybridized carbons (Fsp3) is 0.286. The number of hydrogen-bond donors (Lipinski definition) is 1. The Kier molecular flexibility index (Phi) is 4.48. The molecule has 2 atom stereocenters. The molecule has 1 aliphatic carbocycles. The van der Waals surface area contributed by atoms with E-state index in [1.54, 1.807) is 0 Å². The van der Waals surface area contributed by atoms with E-state index in [-0.39, 0.29) is 11.8 Å². The van der Waals surface area contributed by atoms with Gasteiger partial charge in [0.05, 0.1) is 5.92 Å². The lowest BCUT2D eigenvalue weighted by Crippen LogP contribution is -2.16. The van der Waals surface area contributed by atoms with Crippen LogP contribution in [-0.4, -0.2) is 11.1 Å². The average Bonchev–Trinajstić information content (AvgIpc) is 3.04. The molecule has 116 valence electrons. The molecule has 2 aromatic carbocycles. The molecule has 2 heteroatoms. The van der Waals surface area contributed by atoms with Crippen molar-refractivity contribution in [3.63, 3.8) is 0 Å². The minimum atomic E-state index is -0.670. The van der Waals surface area contributed by atoms with Gasteiger partial charge in [0.25, 0.3) is 0 Å². The maximum atomic E-state index is 11.3. The van der Waals surface area contributed by atoms with Gasteiger partial charge >= 0.3 is 5.97 Å². The van der Waals surface area contributed by atoms with Crippen molar-refractivity contribution in [1.29, 1.82) is 0 Å². The Morgan fingerprint density at radius 1 is 1.04 bits per heavy atom. The smallest absolute Gasteiger partial charge is 0.307 e. The third-order valence-corrected chi connectivity index (χ3v) is 4.66. The van der Waals surface area contributed by atoms with Crippen molar-refractivity contribution in [2.75, 3.05) is 0 Å². The molecule has 2 unspecified atom stereocenters. The molecule has 0 amide bonds. The Balaban J connectivity index is 1.78. The van der Waals surface area contributed by atoms with Crippen LogP contribution in [0.2, 0.25) is 0 Å². The lowest BCUT2D eigenvalue weighted by atomic mass is 9.88. The second-order valence-corrected chi connectivity index (χ2v) is 6.17. The first-order chi connectivity index (χ1) is 11.1.